The Bertz CT molecular complexity index is 928. The molecule has 0 aliphatic heterocycles. The van der Waals surface area contributed by atoms with Gasteiger partial charge in [0.2, 0.25) is 0 Å². The average molecular weight is 535 g/mol. The van der Waals surface area contributed by atoms with E-state index in [4.69, 9.17) is 15.1 Å². The summed E-state index contributed by atoms with van der Waals surface area (Å²) in [5, 5.41) is 23.6. The zero-order valence-electron chi connectivity index (χ0n) is 15.9. The molecule has 0 heterocycles. The normalized spacial score (nSPS) is 11.0. The van der Waals surface area contributed by atoms with Crippen LogP contribution < -0.4 is 10.8 Å². The average Bonchev–Trinajstić information content (AvgIpc) is 2.72. The van der Waals surface area contributed by atoms with Crippen molar-refractivity contribution >= 4 is 46.1 Å². The lowest BCUT2D eigenvalue weighted by Gasteiger charge is -2.16. The molecule has 0 bridgehead atoms. The first kappa shape index (κ1) is 23.9. The molecule has 0 saturated heterocycles. The number of aliphatic hydroxyl groups is 2. The van der Waals surface area contributed by atoms with Crippen LogP contribution in [0.3, 0.4) is 0 Å². The number of nitrogens with one attached hydrogen (secondary N) is 2. The summed E-state index contributed by atoms with van der Waals surface area (Å²) < 4.78 is 30.4. The van der Waals surface area contributed by atoms with Crippen molar-refractivity contribution in [2.75, 3.05) is 31.7 Å². The van der Waals surface area contributed by atoms with E-state index in [9.17, 15) is 13.6 Å². The first-order valence-corrected chi connectivity index (χ1v) is 9.81. The van der Waals surface area contributed by atoms with Gasteiger partial charge >= 0.3 is 0 Å². The van der Waals surface area contributed by atoms with Gasteiger partial charge in [0, 0.05) is 14.8 Å². The standard InChI is InChI=1S/C19H20F2IN3O5/c1-11-8-13(22)2-3-15(11)24-18-14(19(28)25-30-7-5-27)9-12(16(20)17(18)21)10-23-29-6-4-26/h2-3,8-10,24,26-27H,4-7H2,1H3,(H,25,28)/b23-10+. The van der Waals surface area contributed by atoms with E-state index in [0.717, 1.165) is 21.4 Å². The molecule has 2 aromatic rings. The maximum Gasteiger partial charge on any atom is 0.277 e. The molecule has 11 heteroatoms. The molecule has 0 saturated carbocycles. The van der Waals surface area contributed by atoms with Gasteiger partial charge in [0.15, 0.2) is 11.6 Å². The fourth-order valence-corrected chi connectivity index (χ4v) is 2.99. The number of anilines is 2. The van der Waals surface area contributed by atoms with Gasteiger partial charge in [-0.1, -0.05) is 5.16 Å². The van der Waals surface area contributed by atoms with Crippen molar-refractivity contribution in [2.24, 2.45) is 5.16 Å². The number of aliphatic hydroxyl groups excluding tert-OH is 2. The van der Waals surface area contributed by atoms with Crippen LogP contribution in [0.15, 0.2) is 29.4 Å². The van der Waals surface area contributed by atoms with Crippen molar-refractivity contribution < 1.29 is 33.5 Å². The predicted molar refractivity (Wildman–Crippen MR) is 115 cm³/mol. The summed E-state index contributed by atoms with van der Waals surface area (Å²) in [6.07, 6.45) is 0.888. The second-order valence-corrected chi connectivity index (χ2v) is 7.14. The summed E-state index contributed by atoms with van der Waals surface area (Å²) in [5.41, 5.74) is 2.30. The molecule has 0 fully saturated rings. The second kappa shape index (κ2) is 11.7. The largest absolute Gasteiger partial charge is 0.394 e. The van der Waals surface area contributed by atoms with E-state index in [1.807, 2.05) is 6.07 Å². The minimum Gasteiger partial charge on any atom is -0.394 e. The van der Waals surface area contributed by atoms with Crippen LogP contribution >= 0.6 is 22.6 Å². The monoisotopic (exact) mass is 535 g/mol. The Hall–Kier alpha value is -2.35. The third-order valence-electron chi connectivity index (χ3n) is 3.73. The molecule has 0 radical (unpaired) electrons. The lowest BCUT2D eigenvalue weighted by molar-refractivity contribution is 0.0168. The lowest BCUT2D eigenvalue weighted by Crippen LogP contribution is -2.26. The summed E-state index contributed by atoms with van der Waals surface area (Å²) >= 11 is 2.12. The van der Waals surface area contributed by atoms with E-state index < -0.39 is 23.2 Å². The second-order valence-electron chi connectivity index (χ2n) is 5.90. The molecule has 162 valence electrons. The summed E-state index contributed by atoms with van der Waals surface area (Å²) in [6, 6.07) is 6.36. The summed E-state index contributed by atoms with van der Waals surface area (Å²) in [7, 11) is 0. The molecule has 30 heavy (non-hydrogen) atoms. The molecular formula is C19H20F2IN3O5. The van der Waals surface area contributed by atoms with Crippen LogP contribution in [0.25, 0.3) is 0 Å². The number of carbonyl (C=O) groups is 1. The highest BCUT2D eigenvalue weighted by atomic mass is 127. The number of amides is 1. The van der Waals surface area contributed by atoms with E-state index in [1.54, 1.807) is 19.1 Å². The summed E-state index contributed by atoms with van der Waals surface area (Å²) in [6.45, 7) is 0.822. The third-order valence-corrected chi connectivity index (χ3v) is 4.41. The minimum atomic E-state index is -1.30. The number of carbonyl (C=O) groups excluding carboxylic acids is 1. The van der Waals surface area contributed by atoms with E-state index in [-0.39, 0.29) is 37.6 Å². The highest BCUT2D eigenvalue weighted by molar-refractivity contribution is 14.1. The maximum atomic E-state index is 14.9. The first-order chi connectivity index (χ1) is 14.4. The zero-order chi connectivity index (χ0) is 22.1. The summed E-state index contributed by atoms with van der Waals surface area (Å²) in [5.74, 6) is -3.41. The Morgan fingerprint density at radius 2 is 1.93 bits per heavy atom. The van der Waals surface area contributed by atoms with Gasteiger partial charge in [0.05, 0.1) is 37.3 Å². The number of benzene rings is 2. The van der Waals surface area contributed by atoms with Gasteiger partial charge in [-0.15, -0.1) is 0 Å². The number of oxime groups is 1. The Morgan fingerprint density at radius 3 is 2.60 bits per heavy atom. The lowest BCUT2D eigenvalue weighted by atomic mass is 10.1. The smallest absolute Gasteiger partial charge is 0.277 e. The number of rotatable bonds is 10. The van der Waals surface area contributed by atoms with Gasteiger partial charge in [-0.25, -0.2) is 14.3 Å². The Labute approximate surface area is 185 Å². The molecule has 0 aliphatic carbocycles. The molecule has 2 aromatic carbocycles. The number of hydrogen-bond acceptors (Lipinski definition) is 7. The molecule has 4 N–H and O–H groups in total. The molecular weight excluding hydrogens is 515 g/mol. The van der Waals surface area contributed by atoms with Gasteiger partial charge < -0.3 is 20.4 Å². The topological polar surface area (TPSA) is 112 Å². The van der Waals surface area contributed by atoms with E-state index in [1.165, 1.54) is 0 Å². The highest BCUT2D eigenvalue weighted by Gasteiger charge is 2.23. The van der Waals surface area contributed by atoms with Crippen molar-refractivity contribution in [1.82, 2.24) is 5.48 Å². The number of nitrogens with zero attached hydrogens (tertiary/aromatic N) is 1. The van der Waals surface area contributed by atoms with Crippen molar-refractivity contribution in [2.45, 2.75) is 6.92 Å². The van der Waals surface area contributed by atoms with Crippen molar-refractivity contribution in [3.63, 3.8) is 0 Å². The molecule has 0 unspecified atom stereocenters. The third kappa shape index (κ3) is 6.32. The number of hydrogen-bond donors (Lipinski definition) is 4. The van der Waals surface area contributed by atoms with E-state index in [2.05, 4.69) is 43.4 Å². The van der Waals surface area contributed by atoms with Crippen molar-refractivity contribution in [1.29, 1.82) is 0 Å². The van der Waals surface area contributed by atoms with Crippen LogP contribution in [0.4, 0.5) is 20.2 Å². The molecule has 8 nitrogen and oxygen atoms in total. The van der Waals surface area contributed by atoms with Crippen molar-refractivity contribution in [3.05, 3.63) is 56.2 Å². The SMILES string of the molecule is Cc1cc(I)ccc1Nc1c(C(=O)NOCCO)cc(/C=N/OCCO)c(F)c1F. The van der Waals surface area contributed by atoms with Gasteiger partial charge in [0.1, 0.15) is 6.61 Å². The van der Waals surface area contributed by atoms with Crippen molar-refractivity contribution in [3.8, 4) is 0 Å². The van der Waals surface area contributed by atoms with Crippen LogP contribution in [0, 0.1) is 22.1 Å². The molecule has 0 aromatic heterocycles. The zero-order valence-corrected chi connectivity index (χ0v) is 18.1. The molecule has 2 rings (SSSR count). The fraction of sp³-hybridized carbons (Fsp3) is 0.263. The van der Waals surface area contributed by atoms with E-state index >= 15 is 0 Å². The van der Waals surface area contributed by atoms with Crippen LogP contribution in [0.5, 0.6) is 0 Å². The van der Waals surface area contributed by atoms with Gasteiger partial charge in [-0.2, -0.15) is 0 Å². The molecule has 0 aliphatic rings. The first-order valence-electron chi connectivity index (χ1n) is 8.73. The minimum absolute atomic E-state index is 0.130. The fourth-order valence-electron chi connectivity index (χ4n) is 2.35. The van der Waals surface area contributed by atoms with Crippen LogP contribution in [-0.4, -0.2) is 48.8 Å². The Kier molecular flexibility index (Phi) is 9.36. The van der Waals surface area contributed by atoms with Gasteiger partial charge in [-0.05, 0) is 59.3 Å². The van der Waals surface area contributed by atoms with Gasteiger partial charge in [-0.3, -0.25) is 9.63 Å². The number of aryl methyl sites for hydroxylation is 1. The highest BCUT2D eigenvalue weighted by Crippen LogP contribution is 2.30. The van der Waals surface area contributed by atoms with Crippen LogP contribution in [0.1, 0.15) is 21.5 Å². The number of halogens is 3. The van der Waals surface area contributed by atoms with Crippen LogP contribution in [0.2, 0.25) is 0 Å². The Balaban J connectivity index is 2.47. The quantitative estimate of drug-likeness (QED) is 0.161. The molecule has 1 amide bonds. The maximum absolute atomic E-state index is 14.9. The molecule has 0 atom stereocenters. The summed E-state index contributed by atoms with van der Waals surface area (Å²) in [4.78, 5) is 22.0. The Morgan fingerprint density at radius 1 is 1.20 bits per heavy atom. The van der Waals surface area contributed by atoms with E-state index in [0.29, 0.717) is 5.69 Å². The van der Waals surface area contributed by atoms with Crippen LogP contribution in [-0.2, 0) is 9.68 Å². The molecule has 0 spiro atoms. The number of hydroxylamine groups is 1. The van der Waals surface area contributed by atoms with Gasteiger partial charge in [0.25, 0.3) is 5.91 Å². The predicted octanol–water partition coefficient (Wildman–Crippen LogP) is 2.62.